The molecule has 1 heterocycles. The first-order valence-corrected chi connectivity index (χ1v) is 8.61. The Morgan fingerprint density at radius 1 is 1.36 bits per heavy atom. The van der Waals surface area contributed by atoms with Gasteiger partial charge in [-0.25, -0.2) is 0 Å². The van der Waals surface area contributed by atoms with Crippen molar-refractivity contribution in [1.82, 2.24) is 10.6 Å². The lowest BCUT2D eigenvalue weighted by molar-refractivity contribution is -0.123. The van der Waals surface area contributed by atoms with Crippen molar-refractivity contribution >= 4 is 34.2 Å². The number of hydrogen-bond acceptors (Lipinski definition) is 2. The van der Waals surface area contributed by atoms with Gasteiger partial charge in [-0.1, -0.05) is 35.0 Å². The molecule has 5 heteroatoms. The van der Waals surface area contributed by atoms with E-state index in [1.54, 1.807) is 0 Å². The third kappa shape index (κ3) is 5.90. The van der Waals surface area contributed by atoms with E-state index in [4.69, 9.17) is 0 Å². The molecule has 1 aliphatic heterocycles. The van der Waals surface area contributed by atoms with E-state index in [0.717, 1.165) is 23.1 Å². The van der Waals surface area contributed by atoms with Crippen LogP contribution in [0.2, 0.25) is 0 Å². The minimum Gasteiger partial charge on any atom is -0.350 e. The van der Waals surface area contributed by atoms with Crippen LogP contribution in [0.3, 0.4) is 0 Å². The van der Waals surface area contributed by atoms with Gasteiger partial charge in [0.05, 0.1) is 6.04 Å². The Hall–Kier alpha value is -0.580. The van der Waals surface area contributed by atoms with Gasteiger partial charge in [-0.05, 0) is 62.4 Å². The van der Waals surface area contributed by atoms with E-state index in [1.165, 1.54) is 12.8 Å². The highest BCUT2D eigenvalue weighted by Gasteiger charge is 2.22. The van der Waals surface area contributed by atoms with E-state index >= 15 is 0 Å². The zero-order valence-corrected chi connectivity index (χ0v) is 15.7. The van der Waals surface area contributed by atoms with Crippen molar-refractivity contribution in [3.63, 3.8) is 0 Å². The topological polar surface area (TPSA) is 41.1 Å². The van der Waals surface area contributed by atoms with Gasteiger partial charge in [0.2, 0.25) is 5.91 Å². The van der Waals surface area contributed by atoms with Crippen LogP contribution >= 0.6 is 28.3 Å². The van der Waals surface area contributed by atoms with E-state index < -0.39 is 0 Å². The molecule has 1 amide bonds. The summed E-state index contributed by atoms with van der Waals surface area (Å²) in [5.41, 5.74) is 1.14. The molecule has 0 bridgehead atoms. The largest absolute Gasteiger partial charge is 0.350 e. The molecule has 1 saturated heterocycles. The highest BCUT2D eigenvalue weighted by Crippen LogP contribution is 2.23. The van der Waals surface area contributed by atoms with Crippen LogP contribution in [-0.2, 0) is 4.79 Å². The highest BCUT2D eigenvalue weighted by atomic mass is 79.9. The number of carbonyl (C=O) groups excluding carboxylic acids is 1. The van der Waals surface area contributed by atoms with Crippen molar-refractivity contribution in [3.8, 4) is 0 Å². The minimum atomic E-state index is 0. The molecule has 1 aromatic carbocycles. The monoisotopic (exact) mass is 388 g/mol. The van der Waals surface area contributed by atoms with Gasteiger partial charge in [0.25, 0.3) is 0 Å². The zero-order chi connectivity index (χ0) is 15.2. The lowest BCUT2D eigenvalue weighted by atomic mass is 9.85. The first-order valence-electron chi connectivity index (χ1n) is 7.82. The molecular weight excluding hydrogens is 364 g/mol. The third-order valence-electron chi connectivity index (χ3n) is 4.39. The summed E-state index contributed by atoms with van der Waals surface area (Å²) in [6, 6.07) is 8.16. The fourth-order valence-corrected chi connectivity index (χ4v) is 3.22. The van der Waals surface area contributed by atoms with E-state index in [9.17, 15) is 4.79 Å². The van der Waals surface area contributed by atoms with Crippen LogP contribution in [0.5, 0.6) is 0 Å². The summed E-state index contributed by atoms with van der Waals surface area (Å²) >= 11 is 3.43. The second-order valence-electron chi connectivity index (χ2n) is 6.13. The van der Waals surface area contributed by atoms with Gasteiger partial charge in [-0.2, -0.15) is 0 Å². The molecule has 0 aromatic heterocycles. The molecule has 3 unspecified atom stereocenters. The Morgan fingerprint density at radius 2 is 2.05 bits per heavy atom. The lowest BCUT2D eigenvalue weighted by Gasteiger charge is -2.28. The van der Waals surface area contributed by atoms with Gasteiger partial charge in [-0.3, -0.25) is 4.79 Å². The summed E-state index contributed by atoms with van der Waals surface area (Å²) in [7, 11) is 0. The number of nitrogens with one attached hydrogen (secondary N) is 2. The van der Waals surface area contributed by atoms with Gasteiger partial charge < -0.3 is 10.6 Å². The Bertz CT molecular complexity index is 460. The number of benzene rings is 1. The van der Waals surface area contributed by atoms with Crippen LogP contribution in [0.25, 0.3) is 0 Å². The van der Waals surface area contributed by atoms with Gasteiger partial charge in [-0.15, -0.1) is 12.4 Å². The maximum Gasteiger partial charge on any atom is 0.220 e. The van der Waals surface area contributed by atoms with E-state index in [2.05, 4.69) is 33.5 Å². The van der Waals surface area contributed by atoms with Crippen LogP contribution in [-0.4, -0.2) is 19.0 Å². The summed E-state index contributed by atoms with van der Waals surface area (Å²) in [4.78, 5) is 12.2. The lowest BCUT2D eigenvalue weighted by Crippen LogP contribution is -2.36. The summed E-state index contributed by atoms with van der Waals surface area (Å²) in [6.45, 7) is 6.41. The Kier molecular flexibility index (Phi) is 8.44. The van der Waals surface area contributed by atoms with Gasteiger partial charge in [0.15, 0.2) is 0 Å². The Morgan fingerprint density at radius 3 is 2.64 bits per heavy atom. The number of hydrogen-bond donors (Lipinski definition) is 2. The fraction of sp³-hybridized carbons (Fsp3) is 0.588. The Labute approximate surface area is 148 Å². The van der Waals surface area contributed by atoms with Gasteiger partial charge in [0.1, 0.15) is 0 Å². The summed E-state index contributed by atoms with van der Waals surface area (Å²) in [5.74, 6) is 1.23. The number of rotatable bonds is 5. The van der Waals surface area contributed by atoms with E-state index in [1.807, 2.05) is 31.2 Å². The molecule has 0 radical (unpaired) electrons. The van der Waals surface area contributed by atoms with Crippen LogP contribution in [0.1, 0.15) is 44.7 Å². The highest BCUT2D eigenvalue weighted by molar-refractivity contribution is 9.10. The third-order valence-corrected chi connectivity index (χ3v) is 4.92. The maximum absolute atomic E-state index is 12.2. The van der Waals surface area contributed by atoms with Crippen molar-refractivity contribution < 1.29 is 4.79 Å². The normalized spacial score (nSPS) is 20.6. The molecule has 1 fully saturated rings. The first-order chi connectivity index (χ1) is 10.1. The number of amides is 1. The van der Waals surface area contributed by atoms with Crippen LogP contribution < -0.4 is 10.6 Å². The predicted molar refractivity (Wildman–Crippen MR) is 97.3 cm³/mol. The molecular formula is C17H26BrClN2O. The average molecular weight is 390 g/mol. The fourth-order valence-electron chi connectivity index (χ4n) is 2.96. The molecule has 3 nitrogen and oxygen atoms in total. The van der Waals surface area contributed by atoms with E-state index in [-0.39, 0.29) is 24.4 Å². The molecule has 0 aliphatic carbocycles. The standard InChI is InChI=1S/C17H25BrN2O.ClH/c1-12(15-4-3-9-19-11-15)10-17(21)20-13(2)14-5-7-16(18)8-6-14;/h5-8,12-13,15,19H,3-4,9-11H2,1-2H3,(H,20,21);1H. The molecule has 0 saturated carbocycles. The number of piperidine rings is 1. The molecule has 124 valence electrons. The summed E-state index contributed by atoms with van der Waals surface area (Å²) in [5, 5.41) is 6.54. The van der Waals surface area contributed by atoms with Crippen molar-refractivity contribution in [2.24, 2.45) is 11.8 Å². The molecule has 2 N–H and O–H groups in total. The van der Waals surface area contributed by atoms with Gasteiger partial charge in [0, 0.05) is 10.9 Å². The van der Waals surface area contributed by atoms with Gasteiger partial charge >= 0.3 is 0 Å². The molecule has 22 heavy (non-hydrogen) atoms. The summed E-state index contributed by atoms with van der Waals surface area (Å²) in [6.07, 6.45) is 3.09. The van der Waals surface area contributed by atoms with E-state index in [0.29, 0.717) is 18.3 Å². The first kappa shape index (κ1) is 19.5. The second-order valence-corrected chi connectivity index (χ2v) is 7.04. The van der Waals surface area contributed by atoms with Crippen LogP contribution in [0, 0.1) is 11.8 Å². The predicted octanol–water partition coefficient (Wildman–Crippen LogP) is 4.07. The van der Waals surface area contributed by atoms with Crippen molar-refractivity contribution in [1.29, 1.82) is 0 Å². The molecule has 0 spiro atoms. The van der Waals surface area contributed by atoms with Crippen molar-refractivity contribution in [2.45, 2.75) is 39.2 Å². The van der Waals surface area contributed by atoms with Crippen LogP contribution in [0.15, 0.2) is 28.7 Å². The number of carbonyl (C=O) groups is 1. The Balaban J connectivity index is 0.00000242. The average Bonchev–Trinajstić information content (AvgIpc) is 2.48. The molecule has 3 atom stereocenters. The molecule has 2 rings (SSSR count). The van der Waals surface area contributed by atoms with Crippen LogP contribution in [0.4, 0.5) is 0 Å². The minimum absolute atomic E-state index is 0. The summed E-state index contributed by atoms with van der Waals surface area (Å²) < 4.78 is 1.06. The van der Waals surface area contributed by atoms with Crippen molar-refractivity contribution in [2.75, 3.05) is 13.1 Å². The SMILES string of the molecule is CC(NC(=O)CC(C)C1CCCNC1)c1ccc(Br)cc1.Cl. The maximum atomic E-state index is 12.2. The quantitative estimate of drug-likeness (QED) is 0.797. The molecule has 1 aliphatic rings. The number of halogens is 2. The molecule has 1 aromatic rings. The smallest absolute Gasteiger partial charge is 0.220 e. The second kappa shape index (κ2) is 9.53. The zero-order valence-electron chi connectivity index (χ0n) is 13.3. The van der Waals surface area contributed by atoms with Crippen molar-refractivity contribution in [3.05, 3.63) is 34.3 Å².